The van der Waals surface area contributed by atoms with E-state index in [1.165, 1.54) is 43.4 Å². The minimum Gasteiger partial charge on any atom is -0.497 e. The van der Waals surface area contributed by atoms with E-state index in [-0.39, 0.29) is 22.9 Å². The fourth-order valence-corrected chi connectivity index (χ4v) is 6.12. The van der Waals surface area contributed by atoms with Crippen molar-refractivity contribution < 1.29 is 27.5 Å². The number of aryl methyl sites for hydroxylation is 1. The van der Waals surface area contributed by atoms with Gasteiger partial charge in [-0.2, -0.15) is 0 Å². The van der Waals surface area contributed by atoms with Gasteiger partial charge in [0.1, 0.15) is 24.1 Å². The van der Waals surface area contributed by atoms with Crippen LogP contribution >= 0.6 is 23.2 Å². The number of benzene rings is 3. The molecule has 0 aliphatic rings. The molecule has 0 radical (unpaired) electrons. The molecule has 0 heterocycles. The summed E-state index contributed by atoms with van der Waals surface area (Å²) in [5.41, 5.74) is 0.909. The predicted octanol–water partition coefficient (Wildman–Crippen LogP) is 5.85. The second-order valence-corrected chi connectivity index (χ2v) is 13.7. The van der Waals surface area contributed by atoms with Crippen LogP contribution in [0.3, 0.4) is 0 Å². The third-order valence-corrected chi connectivity index (χ3v) is 8.92. The monoisotopic (exact) mass is 649 g/mol. The van der Waals surface area contributed by atoms with Gasteiger partial charge in [0, 0.05) is 28.2 Å². The summed E-state index contributed by atoms with van der Waals surface area (Å²) in [4.78, 5) is 28.8. The van der Waals surface area contributed by atoms with Crippen LogP contribution in [0.5, 0.6) is 11.5 Å². The number of ether oxygens (including phenoxy) is 2. The lowest BCUT2D eigenvalue weighted by Crippen LogP contribution is -2.54. The first-order chi connectivity index (χ1) is 20.1. The van der Waals surface area contributed by atoms with Gasteiger partial charge in [0.2, 0.25) is 11.8 Å². The molecule has 0 spiro atoms. The number of rotatable bonds is 11. The lowest BCUT2D eigenvalue weighted by molar-refractivity contribution is -0.140. The van der Waals surface area contributed by atoms with Gasteiger partial charge >= 0.3 is 0 Å². The number of hydrogen-bond acceptors (Lipinski definition) is 6. The first-order valence-corrected chi connectivity index (χ1v) is 15.6. The topological polar surface area (TPSA) is 105 Å². The summed E-state index contributed by atoms with van der Waals surface area (Å²) in [5.74, 6) is -0.508. The zero-order valence-corrected chi connectivity index (χ0v) is 27.6. The van der Waals surface area contributed by atoms with Gasteiger partial charge in [-0.25, -0.2) is 8.42 Å². The average Bonchev–Trinajstić information content (AvgIpc) is 2.94. The van der Waals surface area contributed by atoms with Crippen LogP contribution in [0.25, 0.3) is 0 Å². The van der Waals surface area contributed by atoms with E-state index >= 15 is 0 Å². The molecular formula is C31H37Cl2N3O6S. The lowest BCUT2D eigenvalue weighted by atomic mass is 10.1. The largest absolute Gasteiger partial charge is 0.497 e. The molecular weight excluding hydrogens is 613 g/mol. The highest BCUT2D eigenvalue weighted by atomic mass is 35.5. The van der Waals surface area contributed by atoms with E-state index in [0.717, 1.165) is 9.87 Å². The summed E-state index contributed by atoms with van der Waals surface area (Å²) in [6, 6.07) is 14.8. The standard InChI is InChI=1S/C31H37Cl2N3O6S/c1-20-8-13-25(14-9-20)43(39,40)36(27-17-24(41-6)12-15-28(27)42-7)19-29(37)35(21(2)30(38)34-31(3,4)5)18-22-10-11-23(32)16-26(22)33/h8-17,21H,18-19H2,1-7H3,(H,34,38)/t21-/m0/s1. The maximum atomic E-state index is 14.2. The fraction of sp³-hybridized carbons (Fsp3) is 0.355. The molecule has 3 rings (SSSR count). The lowest BCUT2D eigenvalue weighted by Gasteiger charge is -2.34. The summed E-state index contributed by atoms with van der Waals surface area (Å²) in [6.45, 7) is 8.15. The van der Waals surface area contributed by atoms with Crippen molar-refractivity contribution in [2.45, 2.75) is 57.6 Å². The summed E-state index contributed by atoms with van der Waals surface area (Å²) in [6.07, 6.45) is 0. The Morgan fingerprint density at radius 3 is 2.16 bits per heavy atom. The van der Waals surface area contributed by atoms with Crippen LogP contribution in [0.2, 0.25) is 10.0 Å². The van der Waals surface area contributed by atoms with Crippen molar-refractivity contribution in [1.82, 2.24) is 10.2 Å². The van der Waals surface area contributed by atoms with Gasteiger partial charge in [-0.15, -0.1) is 0 Å². The van der Waals surface area contributed by atoms with Crippen LogP contribution < -0.4 is 19.1 Å². The molecule has 0 saturated carbocycles. The van der Waals surface area contributed by atoms with Crippen LogP contribution in [0.4, 0.5) is 5.69 Å². The van der Waals surface area contributed by atoms with Crippen molar-refractivity contribution in [2.75, 3.05) is 25.1 Å². The molecule has 43 heavy (non-hydrogen) atoms. The normalized spacial score (nSPS) is 12.3. The van der Waals surface area contributed by atoms with Crippen LogP contribution in [0.1, 0.15) is 38.8 Å². The molecule has 1 atom stereocenters. The van der Waals surface area contributed by atoms with Gasteiger partial charge in [0.25, 0.3) is 10.0 Å². The Bertz CT molecular complexity index is 1570. The number of carbonyl (C=O) groups excluding carboxylic acids is 2. The van der Waals surface area contributed by atoms with Crippen LogP contribution in [-0.4, -0.2) is 57.5 Å². The Kier molecular flexibility index (Phi) is 11.0. The van der Waals surface area contributed by atoms with Crippen molar-refractivity contribution >= 4 is 50.7 Å². The number of nitrogens with one attached hydrogen (secondary N) is 1. The number of amides is 2. The molecule has 0 saturated heterocycles. The Labute approximate surface area is 263 Å². The van der Waals surface area contributed by atoms with E-state index < -0.39 is 40.0 Å². The predicted molar refractivity (Wildman–Crippen MR) is 170 cm³/mol. The molecule has 0 fully saturated rings. The maximum Gasteiger partial charge on any atom is 0.264 e. The second kappa shape index (κ2) is 13.9. The smallest absolute Gasteiger partial charge is 0.264 e. The molecule has 3 aromatic rings. The maximum absolute atomic E-state index is 14.2. The number of nitrogens with zero attached hydrogens (tertiary/aromatic N) is 2. The molecule has 1 N–H and O–H groups in total. The molecule has 0 bridgehead atoms. The molecule has 9 nitrogen and oxygen atoms in total. The van der Waals surface area contributed by atoms with E-state index in [1.807, 2.05) is 27.7 Å². The highest BCUT2D eigenvalue weighted by Crippen LogP contribution is 2.36. The first-order valence-electron chi connectivity index (χ1n) is 13.4. The third-order valence-electron chi connectivity index (χ3n) is 6.56. The summed E-state index contributed by atoms with van der Waals surface area (Å²) in [7, 11) is -1.46. The van der Waals surface area contributed by atoms with Crippen LogP contribution in [-0.2, 0) is 26.2 Å². The van der Waals surface area contributed by atoms with E-state index in [1.54, 1.807) is 43.3 Å². The Balaban J connectivity index is 2.15. The Morgan fingerprint density at radius 1 is 0.953 bits per heavy atom. The Morgan fingerprint density at radius 2 is 1.60 bits per heavy atom. The molecule has 0 aromatic heterocycles. The van der Waals surface area contributed by atoms with E-state index in [4.69, 9.17) is 32.7 Å². The number of anilines is 1. The van der Waals surface area contributed by atoms with Gasteiger partial charge in [0.15, 0.2) is 0 Å². The molecule has 0 aliphatic heterocycles. The zero-order valence-electron chi connectivity index (χ0n) is 25.3. The molecule has 232 valence electrons. The minimum atomic E-state index is -4.31. The number of hydrogen-bond donors (Lipinski definition) is 1. The zero-order chi connectivity index (χ0) is 32.1. The number of methoxy groups -OCH3 is 2. The SMILES string of the molecule is COc1ccc(OC)c(N(CC(=O)N(Cc2ccc(Cl)cc2Cl)[C@@H](C)C(=O)NC(C)(C)C)S(=O)(=O)c2ccc(C)cc2)c1. The molecule has 12 heteroatoms. The van der Waals surface area contributed by atoms with Gasteiger partial charge in [-0.1, -0.05) is 47.0 Å². The second-order valence-electron chi connectivity index (χ2n) is 11.0. The quantitative estimate of drug-likeness (QED) is 0.280. The number of sulfonamides is 1. The average molecular weight is 651 g/mol. The van der Waals surface area contributed by atoms with Gasteiger partial charge in [-0.05, 0) is 76.6 Å². The van der Waals surface area contributed by atoms with E-state index in [2.05, 4.69) is 5.32 Å². The third kappa shape index (κ3) is 8.55. The summed E-state index contributed by atoms with van der Waals surface area (Å²) < 4.78 is 40.1. The van der Waals surface area contributed by atoms with Gasteiger partial charge in [0.05, 0.1) is 24.8 Å². The number of halogens is 2. The first kappa shape index (κ1) is 34.0. The van der Waals surface area contributed by atoms with Gasteiger partial charge in [-0.3, -0.25) is 13.9 Å². The van der Waals surface area contributed by atoms with Crippen molar-refractivity contribution in [2.24, 2.45) is 0 Å². The molecule has 2 amide bonds. The minimum absolute atomic E-state index is 0.0263. The van der Waals surface area contributed by atoms with Crippen molar-refractivity contribution in [3.8, 4) is 11.5 Å². The Hall–Kier alpha value is -3.47. The molecule has 0 unspecified atom stereocenters. The summed E-state index contributed by atoms with van der Waals surface area (Å²) >= 11 is 12.5. The van der Waals surface area contributed by atoms with E-state index in [9.17, 15) is 18.0 Å². The summed E-state index contributed by atoms with van der Waals surface area (Å²) in [5, 5.41) is 3.59. The van der Waals surface area contributed by atoms with Crippen molar-refractivity contribution in [1.29, 1.82) is 0 Å². The molecule has 3 aromatic carbocycles. The van der Waals surface area contributed by atoms with Crippen LogP contribution in [0.15, 0.2) is 65.6 Å². The highest BCUT2D eigenvalue weighted by Gasteiger charge is 2.35. The fourth-order valence-electron chi connectivity index (χ4n) is 4.23. The van der Waals surface area contributed by atoms with Crippen LogP contribution in [0, 0.1) is 6.92 Å². The molecule has 0 aliphatic carbocycles. The van der Waals surface area contributed by atoms with Crippen molar-refractivity contribution in [3.63, 3.8) is 0 Å². The van der Waals surface area contributed by atoms with Crippen molar-refractivity contribution in [3.05, 3.63) is 81.8 Å². The van der Waals surface area contributed by atoms with Gasteiger partial charge < -0.3 is 19.7 Å². The number of carbonyl (C=O) groups is 2. The van der Waals surface area contributed by atoms with E-state index in [0.29, 0.717) is 21.4 Å². The highest BCUT2D eigenvalue weighted by molar-refractivity contribution is 7.92.